The predicted octanol–water partition coefficient (Wildman–Crippen LogP) is 3.36. The molecule has 0 radical (unpaired) electrons. The lowest BCUT2D eigenvalue weighted by Crippen LogP contribution is -2.19. The van der Waals surface area contributed by atoms with Crippen LogP contribution in [0.1, 0.15) is 36.8 Å². The highest BCUT2D eigenvalue weighted by molar-refractivity contribution is 7.10. The summed E-state index contributed by atoms with van der Waals surface area (Å²) in [7, 11) is 2.08. The minimum atomic E-state index is 0.545. The largest absolute Gasteiger partial charge is 0.313 e. The molecule has 2 atom stereocenters. The van der Waals surface area contributed by atoms with Gasteiger partial charge >= 0.3 is 0 Å². The maximum atomic E-state index is 3.46. The van der Waals surface area contributed by atoms with Gasteiger partial charge in [0.05, 0.1) is 0 Å². The summed E-state index contributed by atoms with van der Waals surface area (Å²) in [6, 6.07) is 2.88. The zero-order valence-electron chi connectivity index (χ0n) is 9.42. The van der Waals surface area contributed by atoms with E-state index in [0.717, 1.165) is 5.92 Å². The monoisotopic (exact) mass is 209 g/mol. The first-order chi connectivity index (χ1) is 6.54. The molecule has 2 unspecified atom stereocenters. The Kier molecular flexibility index (Phi) is 2.44. The summed E-state index contributed by atoms with van der Waals surface area (Å²) in [5.74, 6) is 0.821. The fraction of sp³-hybridized carbons (Fsp3) is 0.667. The zero-order valence-corrected chi connectivity index (χ0v) is 10.2. The van der Waals surface area contributed by atoms with Crippen LogP contribution in [0.15, 0.2) is 11.4 Å². The minimum Gasteiger partial charge on any atom is -0.313 e. The van der Waals surface area contributed by atoms with Crippen LogP contribution in [-0.4, -0.2) is 7.05 Å². The quantitative estimate of drug-likeness (QED) is 0.805. The van der Waals surface area contributed by atoms with Crippen LogP contribution in [0.4, 0.5) is 0 Å². The molecule has 78 valence electrons. The molecule has 1 nitrogen and oxygen atoms in total. The summed E-state index contributed by atoms with van der Waals surface area (Å²) in [5, 5.41) is 5.75. The fourth-order valence-electron chi connectivity index (χ4n) is 2.30. The average Bonchev–Trinajstić information content (AvgIpc) is 2.56. The van der Waals surface area contributed by atoms with Gasteiger partial charge in [0.2, 0.25) is 0 Å². The number of hydrogen-bond donors (Lipinski definition) is 1. The molecular formula is C12H19NS. The van der Waals surface area contributed by atoms with Crippen molar-refractivity contribution in [3.05, 3.63) is 21.9 Å². The Hall–Kier alpha value is -0.340. The standard InChI is InChI=1S/C12H19NS/c1-8-5-9(7-14-8)11(13-4)10-6-12(10,2)3/h5,7,10-11,13H,6H2,1-4H3. The molecule has 14 heavy (non-hydrogen) atoms. The Morgan fingerprint density at radius 1 is 1.57 bits per heavy atom. The lowest BCUT2D eigenvalue weighted by molar-refractivity contribution is 0.442. The fourth-order valence-corrected chi connectivity index (χ4v) is 3.04. The number of hydrogen-bond acceptors (Lipinski definition) is 2. The highest BCUT2D eigenvalue weighted by Gasteiger charge is 2.50. The van der Waals surface area contributed by atoms with Gasteiger partial charge in [-0.1, -0.05) is 13.8 Å². The van der Waals surface area contributed by atoms with Crippen molar-refractivity contribution in [2.75, 3.05) is 7.05 Å². The van der Waals surface area contributed by atoms with E-state index in [-0.39, 0.29) is 0 Å². The smallest absolute Gasteiger partial charge is 0.0359 e. The lowest BCUT2D eigenvalue weighted by Gasteiger charge is -2.16. The topological polar surface area (TPSA) is 12.0 Å². The van der Waals surface area contributed by atoms with Crippen LogP contribution in [0.25, 0.3) is 0 Å². The second-order valence-corrected chi connectivity index (χ2v) is 6.17. The van der Waals surface area contributed by atoms with E-state index in [4.69, 9.17) is 0 Å². The zero-order chi connectivity index (χ0) is 10.3. The normalized spacial score (nSPS) is 26.1. The van der Waals surface area contributed by atoms with Crippen molar-refractivity contribution in [2.24, 2.45) is 11.3 Å². The van der Waals surface area contributed by atoms with Crippen molar-refractivity contribution in [1.82, 2.24) is 5.32 Å². The number of rotatable bonds is 3. The van der Waals surface area contributed by atoms with Gasteiger partial charge in [-0.15, -0.1) is 11.3 Å². The third-order valence-electron chi connectivity index (χ3n) is 3.41. The minimum absolute atomic E-state index is 0.545. The number of nitrogens with one attached hydrogen (secondary N) is 1. The van der Waals surface area contributed by atoms with E-state index in [2.05, 4.69) is 44.6 Å². The third kappa shape index (κ3) is 1.73. The molecule has 1 aromatic heterocycles. The molecule has 0 amide bonds. The molecule has 0 saturated heterocycles. The van der Waals surface area contributed by atoms with E-state index < -0.39 is 0 Å². The van der Waals surface area contributed by atoms with Crippen LogP contribution in [-0.2, 0) is 0 Å². The summed E-state index contributed by atoms with van der Waals surface area (Å²) < 4.78 is 0. The Bertz CT molecular complexity index is 327. The first kappa shape index (κ1) is 10.2. The predicted molar refractivity (Wildman–Crippen MR) is 62.7 cm³/mol. The highest BCUT2D eigenvalue weighted by atomic mass is 32.1. The van der Waals surface area contributed by atoms with E-state index in [1.165, 1.54) is 16.9 Å². The lowest BCUT2D eigenvalue weighted by atomic mass is 9.99. The first-order valence-electron chi connectivity index (χ1n) is 5.27. The molecule has 1 aromatic rings. The van der Waals surface area contributed by atoms with Crippen molar-refractivity contribution in [3.63, 3.8) is 0 Å². The molecule has 0 spiro atoms. The van der Waals surface area contributed by atoms with Crippen LogP contribution in [0, 0.1) is 18.3 Å². The summed E-state index contributed by atoms with van der Waals surface area (Å²) in [5.41, 5.74) is 2.02. The SMILES string of the molecule is CNC(c1csc(C)c1)C1CC1(C)C. The van der Waals surface area contributed by atoms with E-state index in [0.29, 0.717) is 11.5 Å². The number of aryl methyl sites for hydroxylation is 1. The van der Waals surface area contributed by atoms with Gasteiger partial charge in [0.15, 0.2) is 0 Å². The molecule has 0 aliphatic heterocycles. The van der Waals surface area contributed by atoms with Gasteiger partial charge in [-0.3, -0.25) is 0 Å². The summed E-state index contributed by atoms with van der Waals surface area (Å²) in [6.45, 7) is 6.90. The maximum absolute atomic E-state index is 3.46. The summed E-state index contributed by atoms with van der Waals surface area (Å²) >= 11 is 1.85. The average molecular weight is 209 g/mol. The Labute approximate surface area is 90.5 Å². The van der Waals surface area contributed by atoms with Gasteiger partial charge in [-0.25, -0.2) is 0 Å². The molecule has 0 aromatic carbocycles. The molecule has 1 N–H and O–H groups in total. The van der Waals surface area contributed by atoms with Gasteiger partial charge in [-0.2, -0.15) is 0 Å². The van der Waals surface area contributed by atoms with E-state index in [1.807, 2.05) is 11.3 Å². The summed E-state index contributed by atoms with van der Waals surface area (Å²) in [6.07, 6.45) is 1.35. The van der Waals surface area contributed by atoms with Crippen LogP contribution in [0.2, 0.25) is 0 Å². The number of thiophene rings is 1. The van der Waals surface area contributed by atoms with E-state index in [1.54, 1.807) is 0 Å². The van der Waals surface area contributed by atoms with Crippen molar-refractivity contribution in [3.8, 4) is 0 Å². The maximum Gasteiger partial charge on any atom is 0.0359 e. The van der Waals surface area contributed by atoms with Gasteiger partial charge in [0, 0.05) is 10.9 Å². The van der Waals surface area contributed by atoms with E-state index in [9.17, 15) is 0 Å². The van der Waals surface area contributed by atoms with Gasteiger partial charge in [-0.05, 0) is 48.7 Å². The van der Waals surface area contributed by atoms with Gasteiger partial charge in [0.1, 0.15) is 0 Å². The van der Waals surface area contributed by atoms with Crippen molar-refractivity contribution in [2.45, 2.75) is 33.2 Å². The highest BCUT2D eigenvalue weighted by Crippen LogP contribution is 2.57. The van der Waals surface area contributed by atoms with Crippen LogP contribution in [0.3, 0.4) is 0 Å². The van der Waals surface area contributed by atoms with Crippen LogP contribution in [0.5, 0.6) is 0 Å². The first-order valence-corrected chi connectivity index (χ1v) is 6.15. The molecule has 2 rings (SSSR count). The Morgan fingerprint density at radius 2 is 2.21 bits per heavy atom. The third-order valence-corrected chi connectivity index (χ3v) is 4.29. The molecular weight excluding hydrogens is 190 g/mol. The van der Waals surface area contributed by atoms with Crippen molar-refractivity contribution < 1.29 is 0 Å². The van der Waals surface area contributed by atoms with Crippen LogP contribution >= 0.6 is 11.3 Å². The summed E-state index contributed by atoms with van der Waals surface area (Å²) in [4.78, 5) is 1.42. The molecule has 1 fully saturated rings. The van der Waals surface area contributed by atoms with Gasteiger partial charge < -0.3 is 5.32 Å². The second kappa shape index (κ2) is 3.35. The molecule has 1 heterocycles. The van der Waals surface area contributed by atoms with Crippen LogP contribution < -0.4 is 5.32 Å². The Balaban J connectivity index is 2.15. The second-order valence-electron chi connectivity index (χ2n) is 5.06. The Morgan fingerprint density at radius 3 is 2.57 bits per heavy atom. The molecule has 0 bridgehead atoms. The van der Waals surface area contributed by atoms with Crippen molar-refractivity contribution in [1.29, 1.82) is 0 Å². The molecule has 1 saturated carbocycles. The van der Waals surface area contributed by atoms with Crippen molar-refractivity contribution >= 4 is 11.3 Å². The molecule has 1 aliphatic carbocycles. The molecule has 2 heteroatoms. The van der Waals surface area contributed by atoms with E-state index >= 15 is 0 Å². The molecule has 1 aliphatic rings. The van der Waals surface area contributed by atoms with Gasteiger partial charge in [0.25, 0.3) is 0 Å².